The number of nitrogens with zero attached hydrogens (tertiary/aromatic N) is 4. The first kappa shape index (κ1) is 14.5. The third-order valence-corrected chi connectivity index (χ3v) is 3.62. The van der Waals surface area contributed by atoms with Gasteiger partial charge in [-0.3, -0.25) is 4.79 Å². The fraction of sp³-hybridized carbons (Fsp3) is 0.400. The third kappa shape index (κ3) is 3.62. The minimum absolute atomic E-state index is 0.111. The maximum absolute atomic E-state index is 12.2. The quantitative estimate of drug-likeness (QED) is 0.867. The Bertz CT molecular complexity index is 579. The molecule has 0 aromatic carbocycles. The number of nitrogens with one attached hydrogen (secondary N) is 1. The first-order valence-electron chi connectivity index (χ1n) is 7.36. The lowest BCUT2D eigenvalue weighted by atomic mass is 10.3. The van der Waals surface area contributed by atoms with E-state index in [0.717, 1.165) is 24.8 Å². The molecule has 116 valence electrons. The number of hydrogen-bond donors (Lipinski definition) is 1. The Hall–Kier alpha value is -2.41. The Labute approximate surface area is 129 Å². The van der Waals surface area contributed by atoms with Crippen LogP contribution in [0.2, 0.25) is 0 Å². The molecule has 1 saturated heterocycles. The van der Waals surface area contributed by atoms with Crippen molar-refractivity contribution in [1.29, 1.82) is 0 Å². The Morgan fingerprint density at radius 2 is 1.95 bits per heavy atom. The number of piperazine rings is 1. The summed E-state index contributed by atoms with van der Waals surface area (Å²) in [6.07, 6.45) is 5.10. The van der Waals surface area contributed by atoms with E-state index in [4.69, 9.17) is 4.42 Å². The first-order valence-corrected chi connectivity index (χ1v) is 7.36. The van der Waals surface area contributed by atoms with Crippen molar-refractivity contribution in [1.82, 2.24) is 20.2 Å². The molecule has 3 rings (SSSR count). The van der Waals surface area contributed by atoms with E-state index in [0.29, 0.717) is 26.2 Å². The van der Waals surface area contributed by atoms with Gasteiger partial charge < -0.3 is 19.5 Å². The highest BCUT2D eigenvalue weighted by atomic mass is 16.3. The molecule has 7 nitrogen and oxygen atoms in total. The second-order valence-electron chi connectivity index (χ2n) is 5.10. The summed E-state index contributed by atoms with van der Waals surface area (Å²) in [4.78, 5) is 24.6. The second-order valence-corrected chi connectivity index (χ2v) is 5.10. The van der Waals surface area contributed by atoms with E-state index in [1.54, 1.807) is 24.7 Å². The van der Waals surface area contributed by atoms with E-state index in [-0.39, 0.29) is 5.91 Å². The molecule has 2 aromatic heterocycles. The number of amides is 1. The third-order valence-electron chi connectivity index (χ3n) is 3.62. The Kier molecular flexibility index (Phi) is 4.65. The highest BCUT2D eigenvalue weighted by Gasteiger charge is 2.21. The molecular formula is C15H19N5O2. The van der Waals surface area contributed by atoms with Gasteiger partial charge >= 0.3 is 0 Å². The van der Waals surface area contributed by atoms with Gasteiger partial charge in [-0.2, -0.15) is 0 Å². The van der Waals surface area contributed by atoms with Crippen LogP contribution < -0.4 is 10.2 Å². The van der Waals surface area contributed by atoms with Gasteiger partial charge in [0.25, 0.3) is 0 Å². The minimum atomic E-state index is 0.111. The van der Waals surface area contributed by atoms with Crippen molar-refractivity contribution in [3.63, 3.8) is 0 Å². The van der Waals surface area contributed by atoms with Crippen molar-refractivity contribution in [2.24, 2.45) is 0 Å². The van der Waals surface area contributed by atoms with E-state index < -0.39 is 0 Å². The number of hydrogen-bond acceptors (Lipinski definition) is 6. The van der Waals surface area contributed by atoms with Gasteiger partial charge in [0.2, 0.25) is 11.9 Å². The van der Waals surface area contributed by atoms with E-state index in [1.807, 2.05) is 17.0 Å². The largest absolute Gasteiger partial charge is 0.468 e. The number of carbonyl (C=O) groups excluding carboxylic acids is 1. The molecule has 22 heavy (non-hydrogen) atoms. The smallest absolute Gasteiger partial charge is 0.236 e. The van der Waals surface area contributed by atoms with Gasteiger partial charge in [0.05, 0.1) is 19.4 Å². The van der Waals surface area contributed by atoms with Crippen LogP contribution in [0.4, 0.5) is 5.95 Å². The highest BCUT2D eigenvalue weighted by Crippen LogP contribution is 2.09. The Morgan fingerprint density at radius 1 is 1.18 bits per heavy atom. The first-order chi connectivity index (χ1) is 10.8. The predicted octanol–water partition coefficient (Wildman–Crippen LogP) is 0.508. The van der Waals surface area contributed by atoms with Gasteiger partial charge in [0.1, 0.15) is 5.76 Å². The second kappa shape index (κ2) is 7.04. The molecule has 0 radical (unpaired) electrons. The fourth-order valence-corrected chi connectivity index (χ4v) is 2.43. The number of anilines is 1. The Balaban J connectivity index is 1.42. The minimum Gasteiger partial charge on any atom is -0.468 e. The summed E-state index contributed by atoms with van der Waals surface area (Å²) in [7, 11) is 0. The lowest BCUT2D eigenvalue weighted by Gasteiger charge is -2.34. The summed E-state index contributed by atoms with van der Waals surface area (Å²) in [5.41, 5.74) is 0. The summed E-state index contributed by atoms with van der Waals surface area (Å²) in [5.74, 6) is 1.67. The van der Waals surface area contributed by atoms with Crippen LogP contribution in [0.1, 0.15) is 5.76 Å². The molecule has 3 heterocycles. The lowest BCUT2D eigenvalue weighted by Crippen LogP contribution is -2.51. The zero-order chi connectivity index (χ0) is 15.2. The molecule has 1 aliphatic heterocycles. The SMILES string of the molecule is O=C(CNCc1ccco1)N1CCN(c2ncccn2)CC1. The maximum atomic E-state index is 12.2. The molecule has 0 saturated carbocycles. The summed E-state index contributed by atoms with van der Waals surface area (Å²) < 4.78 is 5.22. The van der Waals surface area contributed by atoms with E-state index in [9.17, 15) is 4.79 Å². The number of rotatable bonds is 5. The van der Waals surface area contributed by atoms with Crippen LogP contribution in [0.3, 0.4) is 0 Å². The van der Waals surface area contributed by atoms with Crippen LogP contribution in [0.25, 0.3) is 0 Å². The van der Waals surface area contributed by atoms with Gasteiger partial charge in [-0.05, 0) is 18.2 Å². The summed E-state index contributed by atoms with van der Waals surface area (Å²) in [6.45, 7) is 3.79. The van der Waals surface area contributed by atoms with Crippen molar-refractivity contribution in [3.8, 4) is 0 Å². The molecule has 2 aromatic rings. The molecule has 1 aliphatic rings. The van der Waals surface area contributed by atoms with Crippen LogP contribution in [0, 0.1) is 0 Å². The van der Waals surface area contributed by atoms with Gasteiger partial charge in [-0.15, -0.1) is 0 Å². The maximum Gasteiger partial charge on any atom is 0.236 e. The van der Waals surface area contributed by atoms with Gasteiger partial charge in [-0.1, -0.05) is 0 Å². The van der Waals surface area contributed by atoms with E-state index in [1.165, 1.54) is 0 Å². The molecule has 0 atom stereocenters. The van der Waals surface area contributed by atoms with E-state index in [2.05, 4.69) is 20.2 Å². The van der Waals surface area contributed by atoms with Gasteiger partial charge in [0.15, 0.2) is 0 Å². The summed E-state index contributed by atoms with van der Waals surface area (Å²) in [6, 6.07) is 5.52. The normalized spacial score (nSPS) is 15.1. The molecule has 1 fully saturated rings. The number of aromatic nitrogens is 2. The topological polar surface area (TPSA) is 74.5 Å². The van der Waals surface area contributed by atoms with Crippen molar-refractivity contribution >= 4 is 11.9 Å². The molecule has 0 bridgehead atoms. The van der Waals surface area contributed by atoms with Crippen LogP contribution in [-0.2, 0) is 11.3 Å². The van der Waals surface area contributed by atoms with Crippen LogP contribution in [-0.4, -0.2) is 53.5 Å². The number of furan rings is 1. The molecule has 1 amide bonds. The average molecular weight is 301 g/mol. The van der Waals surface area contributed by atoms with Gasteiger partial charge in [0, 0.05) is 38.6 Å². The summed E-state index contributed by atoms with van der Waals surface area (Å²) >= 11 is 0. The predicted molar refractivity (Wildman–Crippen MR) is 81.2 cm³/mol. The highest BCUT2D eigenvalue weighted by molar-refractivity contribution is 5.78. The summed E-state index contributed by atoms with van der Waals surface area (Å²) in [5, 5.41) is 3.10. The van der Waals surface area contributed by atoms with Crippen molar-refractivity contribution in [2.45, 2.75) is 6.54 Å². The van der Waals surface area contributed by atoms with Crippen molar-refractivity contribution in [2.75, 3.05) is 37.6 Å². The zero-order valence-electron chi connectivity index (χ0n) is 12.3. The van der Waals surface area contributed by atoms with Crippen LogP contribution in [0.15, 0.2) is 41.3 Å². The van der Waals surface area contributed by atoms with Crippen LogP contribution >= 0.6 is 0 Å². The monoisotopic (exact) mass is 301 g/mol. The molecule has 0 unspecified atom stereocenters. The fourth-order valence-electron chi connectivity index (χ4n) is 2.43. The Morgan fingerprint density at radius 3 is 2.64 bits per heavy atom. The lowest BCUT2D eigenvalue weighted by molar-refractivity contribution is -0.130. The molecule has 1 N–H and O–H groups in total. The van der Waals surface area contributed by atoms with Crippen molar-refractivity contribution in [3.05, 3.63) is 42.6 Å². The molecule has 0 spiro atoms. The molecule has 0 aliphatic carbocycles. The van der Waals surface area contributed by atoms with Gasteiger partial charge in [-0.25, -0.2) is 9.97 Å². The van der Waals surface area contributed by atoms with E-state index >= 15 is 0 Å². The van der Waals surface area contributed by atoms with Crippen LogP contribution in [0.5, 0.6) is 0 Å². The zero-order valence-corrected chi connectivity index (χ0v) is 12.3. The average Bonchev–Trinajstić information content (AvgIpc) is 3.09. The molecular weight excluding hydrogens is 282 g/mol. The standard InChI is InChI=1S/C15H19N5O2/c21-14(12-16-11-13-3-1-10-22-13)19-6-8-20(9-7-19)15-17-4-2-5-18-15/h1-5,10,16H,6-9,11-12H2. The van der Waals surface area contributed by atoms with Crippen molar-refractivity contribution < 1.29 is 9.21 Å². The molecule has 7 heteroatoms. The number of carbonyl (C=O) groups is 1.